The Morgan fingerprint density at radius 2 is 1.96 bits per heavy atom. The van der Waals surface area contributed by atoms with Gasteiger partial charge in [0.1, 0.15) is 11.4 Å². The van der Waals surface area contributed by atoms with E-state index in [0.29, 0.717) is 23.5 Å². The number of aliphatic hydroxyl groups excluding tert-OH is 1. The normalized spacial score (nSPS) is 12.1. The summed E-state index contributed by atoms with van der Waals surface area (Å²) in [6.07, 6.45) is 5.69. The van der Waals surface area contributed by atoms with Crippen molar-refractivity contribution in [3.63, 3.8) is 0 Å². The predicted molar refractivity (Wildman–Crippen MR) is 91.5 cm³/mol. The second kappa shape index (κ2) is 7.31. The second-order valence-corrected chi connectivity index (χ2v) is 5.62. The van der Waals surface area contributed by atoms with Crippen LogP contribution < -0.4 is 5.32 Å². The molecule has 0 fully saturated rings. The third kappa shape index (κ3) is 3.46. The van der Waals surface area contributed by atoms with Crippen LogP contribution in [0.5, 0.6) is 0 Å². The van der Waals surface area contributed by atoms with Gasteiger partial charge in [0.25, 0.3) is 5.91 Å². The van der Waals surface area contributed by atoms with E-state index < -0.39 is 0 Å². The van der Waals surface area contributed by atoms with Crippen molar-refractivity contribution in [1.29, 1.82) is 0 Å². The van der Waals surface area contributed by atoms with Crippen molar-refractivity contribution in [2.75, 3.05) is 6.61 Å². The zero-order valence-corrected chi connectivity index (χ0v) is 13.8. The van der Waals surface area contributed by atoms with Crippen molar-refractivity contribution in [2.45, 2.75) is 19.4 Å². The lowest BCUT2D eigenvalue weighted by molar-refractivity contribution is 0.0915. The molecule has 2 heterocycles. The summed E-state index contributed by atoms with van der Waals surface area (Å²) in [5, 5.41) is 16.4. The minimum Gasteiger partial charge on any atom is -0.394 e. The predicted octanol–water partition coefficient (Wildman–Crippen LogP) is 2.30. The Bertz CT molecular complexity index is 837. The Labute approximate surface area is 144 Å². The first-order valence-corrected chi connectivity index (χ1v) is 8.03. The van der Waals surface area contributed by atoms with E-state index >= 15 is 0 Å². The summed E-state index contributed by atoms with van der Waals surface area (Å²) in [5.41, 5.74) is 1.01. The molecule has 1 unspecified atom stereocenters. The smallest absolute Gasteiger partial charge is 0.257 e. The first kappa shape index (κ1) is 16.9. The molecule has 25 heavy (non-hydrogen) atoms. The van der Waals surface area contributed by atoms with Gasteiger partial charge in [-0.25, -0.2) is 9.07 Å². The van der Waals surface area contributed by atoms with E-state index in [9.17, 15) is 14.3 Å². The average Bonchev–Trinajstić information content (AvgIpc) is 3.29. The largest absolute Gasteiger partial charge is 0.394 e. The number of carbonyl (C=O) groups excluding carboxylic acids is 1. The van der Waals surface area contributed by atoms with Gasteiger partial charge in [-0.1, -0.05) is 6.92 Å². The molecule has 0 bridgehead atoms. The van der Waals surface area contributed by atoms with E-state index in [1.807, 2.05) is 19.1 Å². The molecule has 0 aliphatic carbocycles. The summed E-state index contributed by atoms with van der Waals surface area (Å²) in [6.45, 7) is 1.75. The highest BCUT2D eigenvalue weighted by atomic mass is 19.1. The van der Waals surface area contributed by atoms with Gasteiger partial charge in [0.2, 0.25) is 0 Å². The number of hydrogen-bond acceptors (Lipinski definition) is 3. The number of aromatic nitrogens is 3. The van der Waals surface area contributed by atoms with Gasteiger partial charge >= 0.3 is 0 Å². The van der Waals surface area contributed by atoms with Gasteiger partial charge in [-0.2, -0.15) is 5.10 Å². The molecule has 1 amide bonds. The van der Waals surface area contributed by atoms with Crippen LogP contribution in [0, 0.1) is 5.82 Å². The quantitative estimate of drug-likeness (QED) is 0.722. The van der Waals surface area contributed by atoms with Gasteiger partial charge < -0.3 is 15.0 Å². The number of halogens is 1. The molecule has 3 aromatic rings. The lowest BCUT2D eigenvalue weighted by Crippen LogP contribution is -2.37. The van der Waals surface area contributed by atoms with Crippen molar-refractivity contribution < 1.29 is 14.3 Å². The Balaban J connectivity index is 2.05. The Kier molecular flexibility index (Phi) is 4.95. The molecule has 130 valence electrons. The summed E-state index contributed by atoms with van der Waals surface area (Å²) in [6, 6.07) is 9.24. The number of benzene rings is 1. The first-order valence-electron chi connectivity index (χ1n) is 8.03. The second-order valence-electron chi connectivity index (χ2n) is 5.62. The zero-order chi connectivity index (χ0) is 17.8. The maximum absolute atomic E-state index is 13.2. The van der Waals surface area contributed by atoms with E-state index in [4.69, 9.17) is 0 Å². The van der Waals surface area contributed by atoms with Crippen LogP contribution in [0.15, 0.2) is 55.0 Å². The highest BCUT2D eigenvalue weighted by Crippen LogP contribution is 2.20. The molecule has 2 aromatic heterocycles. The van der Waals surface area contributed by atoms with E-state index in [1.54, 1.807) is 33.8 Å². The number of carbonyl (C=O) groups is 1. The number of amides is 1. The molecule has 0 aliphatic heterocycles. The molecule has 0 radical (unpaired) electrons. The van der Waals surface area contributed by atoms with Crippen molar-refractivity contribution in [3.05, 3.63) is 66.4 Å². The van der Waals surface area contributed by atoms with E-state index in [2.05, 4.69) is 10.4 Å². The van der Waals surface area contributed by atoms with E-state index in [1.165, 1.54) is 18.3 Å². The molecule has 1 aromatic carbocycles. The van der Waals surface area contributed by atoms with Gasteiger partial charge in [0.15, 0.2) is 5.82 Å². The molecular formula is C18H19FN4O2. The van der Waals surface area contributed by atoms with Crippen LogP contribution in [0.1, 0.15) is 23.7 Å². The number of nitrogens with one attached hydrogen (secondary N) is 1. The third-order valence-electron chi connectivity index (χ3n) is 3.96. The molecular weight excluding hydrogens is 323 g/mol. The first-order chi connectivity index (χ1) is 12.1. The summed E-state index contributed by atoms with van der Waals surface area (Å²) in [5.74, 6) is -0.120. The van der Waals surface area contributed by atoms with Crippen LogP contribution in [0.2, 0.25) is 0 Å². The minimum absolute atomic E-state index is 0.132. The standard InChI is InChI=1S/C18H19FN4O2/c1-2-14(12-24)21-17(25)16-11-20-23(15-7-5-13(19)6-8-15)18(16)22-9-3-4-10-22/h3-11,14,24H,2,12H2,1H3,(H,21,25). The van der Waals surface area contributed by atoms with E-state index in [-0.39, 0.29) is 24.4 Å². The molecule has 0 saturated carbocycles. The molecule has 0 spiro atoms. The molecule has 0 saturated heterocycles. The average molecular weight is 342 g/mol. The highest BCUT2D eigenvalue weighted by Gasteiger charge is 2.21. The van der Waals surface area contributed by atoms with Crippen LogP contribution in [-0.4, -0.2) is 38.0 Å². The van der Waals surface area contributed by atoms with Crippen LogP contribution in [-0.2, 0) is 0 Å². The number of aliphatic hydroxyl groups is 1. The van der Waals surface area contributed by atoms with Crippen molar-refractivity contribution in [3.8, 4) is 11.5 Å². The number of rotatable bonds is 6. The van der Waals surface area contributed by atoms with Crippen LogP contribution in [0.3, 0.4) is 0 Å². The monoisotopic (exact) mass is 342 g/mol. The number of hydrogen-bond donors (Lipinski definition) is 2. The summed E-state index contributed by atoms with van der Waals surface area (Å²) >= 11 is 0. The molecule has 3 rings (SSSR count). The molecule has 6 nitrogen and oxygen atoms in total. The maximum Gasteiger partial charge on any atom is 0.257 e. The van der Waals surface area contributed by atoms with Crippen molar-refractivity contribution in [2.24, 2.45) is 0 Å². The summed E-state index contributed by atoms with van der Waals surface area (Å²) in [7, 11) is 0. The van der Waals surface area contributed by atoms with Crippen molar-refractivity contribution >= 4 is 5.91 Å². The zero-order valence-electron chi connectivity index (χ0n) is 13.8. The van der Waals surface area contributed by atoms with Gasteiger partial charge in [-0.3, -0.25) is 4.79 Å². The molecule has 0 aliphatic rings. The Morgan fingerprint density at radius 3 is 2.56 bits per heavy atom. The SMILES string of the molecule is CCC(CO)NC(=O)c1cnn(-c2ccc(F)cc2)c1-n1cccc1. The van der Waals surface area contributed by atoms with E-state index in [0.717, 1.165) is 0 Å². The third-order valence-corrected chi connectivity index (χ3v) is 3.96. The lowest BCUT2D eigenvalue weighted by atomic mass is 10.2. The van der Waals surface area contributed by atoms with Crippen molar-refractivity contribution in [1.82, 2.24) is 19.7 Å². The Morgan fingerprint density at radius 1 is 1.28 bits per heavy atom. The fraction of sp³-hybridized carbons (Fsp3) is 0.222. The fourth-order valence-corrected chi connectivity index (χ4v) is 2.54. The maximum atomic E-state index is 13.2. The molecule has 2 N–H and O–H groups in total. The topological polar surface area (TPSA) is 72.1 Å². The van der Waals surface area contributed by atoms with Gasteiger partial charge in [0, 0.05) is 12.4 Å². The van der Waals surface area contributed by atoms with Crippen LogP contribution >= 0.6 is 0 Å². The number of nitrogens with zero attached hydrogens (tertiary/aromatic N) is 3. The molecule has 7 heteroatoms. The fourth-order valence-electron chi connectivity index (χ4n) is 2.54. The lowest BCUT2D eigenvalue weighted by Gasteiger charge is -2.15. The van der Waals surface area contributed by atoms with Crippen LogP contribution in [0.4, 0.5) is 4.39 Å². The van der Waals surface area contributed by atoms with Gasteiger partial charge in [-0.05, 0) is 42.8 Å². The summed E-state index contributed by atoms with van der Waals surface area (Å²) < 4.78 is 16.6. The van der Waals surface area contributed by atoms with Gasteiger partial charge in [-0.15, -0.1) is 0 Å². The molecule has 1 atom stereocenters. The minimum atomic E-state index is -0.342. The van der Waals surface area contributed by atoms with Gasteiger partial charge in [0.05, 0.1) is 24.5 Å². The highest BCUT2D eigenvalue weighted by molar-refractivity contribution is 5.97. The van der Waals surface area contributed by atoms with Crippen LogP contribution in [0.25, 0.3) is 11.5 Å². The summed E-state index contributed by atoms with van der Waals surface area (Å²) in [4.78, 5) is 12.6. The Hall–Kier alpha value is -2.93.